The molecule has 2 heterocycles. The number of halogens is 3. The van der Waals surface area contributed by atoms with E-state index >= 15 is 0 Å². The molecule has 0 aromatic heterocycles. The highest BCUT2D eigenvalue weighted by Crippen LogP contribution is 2.29. The average Bonchev–Trinajstić information content (AvgIpc) is 2.69. The molecule has 0 aliphatic carbocycles. The maximum atomic E-state index is 12.9. The van der Waals surface area contributed by atoms with Crippen molar-refractivity contribution >= 4 is 21.8 Å². The normalized spacial score (nSPS) is 24.4. The van der Waals surface area contributed by atoms with Crippen molar-refractivity contribution < 1.29 is 31.1 Å². The number of alkyl halides is 3. The zero-order valence-corrected chi connectivity index (χ0v) is 17.5. The van der Waals surface area contributed by atoms with Crippen molar-refractivity contribution in [1.82, 2.24) is 8.61 Å². The molecule has 2 atom stereocenters. The van der Waals surface area contributed by atoms with Crippen molar-refractivity contribution in [3.63, 3.8) is 0 Å². The Morgan fingerprint density at radius 2 is 1.70 bits per heavy atom. The molecule has 11 heteroatoms. The molecule has 3 rings (SSSR count). The lowest BCUT2D eigenvalue weighted by molar-refractivity contribution is -0.274. The summed E-state index contributed by atoms with van der Waals surface area (Å²) in [6.45, 7) is 3.35. The summed E-state index contributed by atoms with van der Waals surface area (Å²) in [4.78, 5) is 12.8. The van der Waals surface area contributed by atoms with E-state index in [4.69, 9.17) is 0 Å². The lowest BCUT2D eigenvalue weighted by atomic mass is 9.87. The third-order valence-corrected chi connectivity index (χ3v) is 7.58. The highest BCUT2D eigenvalue weighted by atomic mass is 32.2. The van der Waals surface area contributed by atoms with Gasteiger partial charge in [0, 0.05) is 31.9 Å². The van der Waals surface area contributed by atoms with Crippen molar-refractivity contribution in [3.05, 3.63) is 24.3 Å². The zero-order chi connectivity index (χ0) is 21.9. The number of nitrogens with one attached hydrogen (secondary N) is 1. The minimum atomic E-state index is -4.79. The van der Waals surface area contributed by atoms with Crippen molar-refractivity contribution in [2.75, 3.05) is 31.5 Å². The van der Waals surface area contributed by atoms with E-state index < -0.39 is 22.5 Å². The topological polar surface area (TPSA) is 79.0 Å². The largest absolute Gasteiger partial charge is 0.573 e. The summed E-state index contributed by atoms with van der Waals surface area (Å²) >= 11 is 0. The summed E-state index contributed by atoms with van der Waals surface area (Å²) < 4.78 is 69.3. The van der Waals surface area contributed by atoms with Gasteiger partial charge in [-0.15, -0.1) is 13.2 Å². The van der Waals surface area contributed by atoms with Gasteiger partial charge in [-0.25, -0.2) is 0 Å². The number of anilines is 1. The molecule has 1 aromatic rings. The first kappa shape index (κ1) is 22.8. The van der Waals surface area contributed by atoms with Crippen LogP contribution in [0.3, 0.4) is 0 Å². The van der Waals surface area contributed by atoms with Crippen LogP contribution in [0.1, 0.15) is 32.6 Å². The molecule has 2 saturated heterocycles. The molecule has 0 radical (unpaired) electrons. The molecule has 7 nitrogen and oxygen atoms in total. The SMILES string of the molecule is C[C@@H]1CCN(S(=O)(=O)N2CCCCC2)C[C@H]1C(=O)Nc1ccc(OC(F)(F)F)cc1. The molecule has 1 N–H and O–H groups in total. The van der Waals surface area contributed by atoms with Crippen LogP contribution in [-0.2, 0) is 15.0 Å². The molecule has 0 saturated carbocycles. The number of hydrogen-bond acceptors (Lipinski definition) is 4. The first-order valence-electron chi connectivity index (χ1n) is 9.98. The Morgan fingerprint density at radius 1 is 1.07 bits per heavy atom. The van der Waals surface area contributed by atoms with Crippen LogP contribution < -0.4 is 10.1 Å². The van der Waals surface area contributed by atoms with E-state index in [0.29, 0.717) is 31.7 Å². The molecule has 0 unspecified atom stereocenters. The van der Waals surface area contributed by atoms with Gasteiger partial charge in [-0.2, -0.15) is 17.0 Å². The first-order chi connectivity index (χ1) is 14.1. The summed E-state index contributed by atoms with van der Waals surface area (Å²) in [6, 6.07) is 4.85. The van der Waals surface area contributed by atoms with Gasteiger partial charge < -0.3 is 10.1 Å². The molecule has 0 bridgehead atoms. The Balaban J connectivity index is 1.64. The van der Waals surface area contributed by atoms with Crippen LogP contribution in [0.2, 0.25) is 0 Å². The molecule has 1 amide bonds. The summed E-state index contributed by atoms with van der Waals surface area (Å²) in [5, 5.41) is 2.67. The van der Waals surface area contributed by atoms with Gasteiger partial charge in [-0.05, 0) is 49.4 Å². The molecule has 1 aromatic carbocycles. The number of rotatable bonds is 5. The maximum Gasteiger partial charge on any atom is 0.573 e. The van der Waals surface area contributed by atoms with Crippen molar-refractivity contribution in [3.8, 4) is 5.75 Å². The van der Waals surface area contributed by atoms with E-state index in [1.165, 1.54) is 20.7 Å². The predicted molar refractivity (Wildman–Crippen MR) is 105 cm³/mol. The van der Waals surface area contributed by atoms with Crippen LogP contribution in [0.15, 0.2) is 24.3 Å². The number of amides is 1. The molecule has 2 aliphatic rings. The molecule has 2 aliphatic heterocycles. The number of benzene rings is 1. The Kier molecular flexibility index (Phi) is 6.93. The maximum absolute atomic E-state index is 12.9. The Morgan fingerprint density at radius 3 is 2.30 bits per heavy atom. The first-order valence-corrected chi connectivity index (χ1v) is 11.4. The quantitative estimate of drug-likeness (QED) is 0.749. The zero-order valence-electron chi connectivity index (χ0n) is 16.7. The lowest BCUT2D eigenvalue weighted by Gasteiger charge is -2.38. The third kappa shape index (κ3) is 5.64. The number of nitrogens with zero attached hydrogens (tertiary/aromatic N) is 2. The third-order valence-electron chi connectivity index (χ3n) is 5.58. The van der Waals surface area contributed by atoms with Gasteiger partial charge in [0.05, 0.1) is 5.92 Å². The molecular formula is C19H26F3N3O4S. The average molecular weight is 449 g/mol. The highest BCUT2D eigenvalue weighted by Gasteiger charge is 2.39. The summed E-state index contributed by atoms with van der Waals surface area (Å²) in [5.41, 5.74) is 0.317. The smallest absolute Gasteiger partial charge is 0.406 e. The van der Waals surface area contributed by atoms with Gasteiger partial charge in [0.1, 0.15) is 5.75 Å². The fraction of sp³-hybridized carbons (Fsp3) is 0.632. The van der Waals surface area contributed by atoms with Crippen LogP contribution in [0.25, 0.3) is 0 Å². The van der Waals surface area contributed by atoms with Crippen LogP contribution in [-0.4, -0.2) is 55.5 Å². The van der Waals surface area contributed by atoms with Crippen LogP contribution in [0.4, 0.5) is 18.9 Å². The van der Waals surface area contributed by atoms with Gasteiger partial charge >= 0.3 is 6.36 Å². The summed E-state index contributed by atoms with van der Waals surface area (Å²) in [7, 11) is -3.61. The fourth-order valence-electron chi connectivity index (χ4n) is 3.82. The number of carbonyl (C=O) groups is 1. The number of ether oxygens (including phenoxy) is 1. The Hall–Kier alpha value is -1.85. The van der Waals surface area contributed by atoms with Gasteiger partial charge in [0.2, 0.25) is 5.91 Å². The summed E-state index contributed by atoms with van der Waals surface area (Å²) in [5.74, 6) is -1.31. The monoisotopic (exact) mass is 449 g/mol. The number of carbonyl (C=O) groups excluding carboxylic acids is 1. The Labute approximate surface area is 174 Å². The van der Waals surface area contributed by atoms with Gasteiger partial charge in [0.15, 0.2) is 0 Å². The van der Waals surface area contributed by atoms with Crippen molar-refractivity contribution in [1.29, 1.82) is 0 Å². The number of piperidine rings is 2. The second-order valence-corrected chi connectivity index (χ2v) is 9.69. The molecule has 168 valence electrons. The summed E-state index contributed by atoms with van der Waals surface area (Å²) in [6.07, 6.45) is -1.54. The predicted octanol–water partition coefficient (Wildman–Crippen LogP) is 3.21. The van der Waals surface area contributed by atoms with Gasteiger partial charge in [-0.1, -0.05) is 13.3 Å². The van der Waals surface area contributed by atoms with Gasteiger partial charge in [-0.3, -0.25) is 4.79 Å². The van der Waals surface area contributed by atoms with E-state index in [1.54, 1.807) is 0 Å². The van der Waals surface area contributed by atoms with E-state index in [-0.39, 0.29) is 24.1 Å². The van der Waals surface area contributed by atoms with E-state index in [1.807, 2.05) is 6.92 Å². The second-order valence-electron chi connectivity index (χ2n) is 7.76. The Bertz CT molecular complexity index is 840. The van der Waals surface area contributed by atoms with E-state index in [9.17, 15) is 26.4 Å². The minimum absolute atomic E-state index is 0.0226. The number of hydrogen-bond donors (Lipinski definition) is 1. The molecular weight excluding hydrogens is 423 g/mol. The molecule has 0 spiro atoms. The second kappa shape index (κ2) is 9.11. The molecule has 30 heavy (non-hydrogen) atoms. The molecule has 2 fully saturated rings. The highest BCUT2D eigenvalue weighted by molar-refractivity contribution is 7.86. The fourth-order valence-corrected chi connectivity index (χ4v) is 5.56. The van der Waals surface area contributed by atoms with Crippen LogP contribution in [0.5, 0.6) is 5.75 Å². The standard InChI is InChI=1S/C19H26F3N3O4S/c1-14-9-12-25(30(27,28)24-10-3-2-4-11-24)13-17(14)18(26)23-15-5-7-16(8-6-15)29-19(20,21)22/h5-8,14,17H,2-4,9-13H2,1H3,(H,23,26)/t14-,17-/m1/s1. The van der Waals surface area contributed by atoms with Crippen molar-refractivity contribution in [2.24, 2.45) is 11.8 Å². The van der Waals surface area contributed by atoms with Crippen LogP contribution >= 0.6 is 0 Å². The van der Waals surface area contributed by atoms with Crippen molar-refractivity contribution in [2.45, 2.75) is 39.0 Å². The van der Waals surface area contributed by atoms with E-state index in [2.05, 4.69) is 10.1 Å². The lowest BCUT2D eigenvalue weighted by Crippen LogP contribution is -2.52. The van der Waals surface area contributed by atoms with Gasteiger partial charge in [0.25, 0.3) is 10.2 Å². The van der Waals surface area contributed by atoms with E-state index in [0.717, 1.165) is 31.4 Å². The minimum Gasteiger partial charge on any atom is -0.406 e. The van der Waals surface area contributed by atoms with Crippen LogP contribution in [0, 0.1) is 11.8 Å².